The van der Waals surface area contributed by atoms with Crippen LogP contribution < -0.4 is 0 Å². The first kappa shape index (κ1) is 9.27. The van der Waals surface area contributed by atoms with Gasteiger partial charge in [-0.3, -0.25) is 0 Å². The molecule has 3 rings (SSSR count). The monoisotopic (exact) mass is 213 g/mol. The lowest BCUT2D eigenvalue weighted by atomic mass is 9.98. The van der Waals surface area contributed by atoms with Crippen LogP contribution in [0.1, 0.15) is 24.2 Å². The van der Waals surface area contributed by atoms with E-state index in [1.165, 1.54) is 0 Å². The minimum absolute atomic E-state index is 0.652. The molecule has 1 aromatic heterocycles. The summed E-state index contributed by atoms with van der Waals surface area (Å²) < 4.78 is 0. The Morgan fingerprint density at radius 2 is 1.81 bits per heavy atom. The van der Waals surface area contributed by atoms with Crippen molar-refractivity contribution in [1.82, 2.24) is 9.97 Å². The molecule has 1 aromatic carbocycles. The van der Waals surface area contributed by atoms with Crippen molar-refractivity contribution in [2.75, 3.05) is 0 Å². The van der Waals surface area contributed by atoms with Gasteiger partial charge in [-0.25, -0.2) is 9.97 Å². The van der Waals surface area contributed by atoms with Crippen molar-refractivity contribution >= 4 is 16.7 Å². The Balaban J connectivity index is 2.29. The van der Waals surface area contributed by atoms with Crippen LogP contribution in [0.3, 0.4) is 0 Å². The molecule has 4 heteroatoms. The van der Waals surface area contributed by atoms with Crippen LogP contribution in [0.2, 0.25) is 0 Å². The second-order valence-corrected chi connectivity index (χ2v) is 3.91. The van der Waals surface area contributed by atoms with E-state index >= 15 is 0 Å². The van der Waals surface area contributed by atoms with E-state index in [4.69, 9.17) is 5.21 Å². The molecule has 0 atom stereocenters. The van der Waals surface area contributed by atoms with Crippen LogP contribution in [-0.4, -0.2) is 20.9 Å². The highest BCUT2D eigenvalue weighted by Gasteiger charge is 2.19. The van der Waals surface area contributed by atoms with Gasteiger partial charge in [0, 0.05) is 0 Å². The lowest BCUT2D eigenvalue weighted by Gasteiger charge is -2.15. The van der Waals surface area contributed by atoms with E-state index in [0.29, 0.717) is 5.71 Å². The number of fused-ring (bicyclic) bond motifs is 2. The second-order valence-electron chi connectivity index (χ2n) is 3.91. The molecule has 2 aromatic rings. The maximum atomic E-state index is 8.93. The maximum absolute atomic E-state index is 8.93. The molecule has 0 unspecified atom stereocenters. The van der Waals surface area contributed by atoms with E-state index in [1.54, 1.807) is 0 Å². The largest absolute Gasteiger partial charge is 0.411 e. The quantitative estimate of drug-likeness (QED) is 0.538. The topological polar surface area (TPSA) is 58.4 Å². The summed E-state index contributed by atoms with van der Waals surface area (Å²) in [5, 5.41) is 12.2. The predicted octanol–water partition coefficient (Wildman–Crippen LogP) is 2.14. The van der Waals surface area contributed by atoms with E-state index in [1.807, 2.05) is 24.3 Å². The SMILES string of the molecule is O/N=C1\CCCc2nc3ccccc3nc21. The van der Waals surface area contributed by atoms with Crippen molar-refractivity contribution in [2.45, 2.75) is 19.3 Å². The van der Waals surface area contributed by atoms with E-state index in [-0.39, 0.29) is 0 Å². The number of rotatable bonds is 0. The van der Waals surface area contributed by atoms with Gasteiger partial charge in [-0.1, -0.05) is 17.3 Å². The number of hydrogen-bond acceptors (Lipinski definition) is 4. The van der Waals surface area contributed by atoms with Crippen molar-refractivity contribution in [3.8, 4) is 0 Å². The van der Waals surface area contributed by atoms with Gasteiger partial charge in [-0.05, 0) is 31.4 Å². The van der Waals surface area contributed by atoms with Crippen molar-refractivity contribution < 1.29 is 5.21 Å². The van der Waals surface area contributed by atoms with Crippen molar-refractivity contribution in [2.24, 2.45) is 5.16 Å². The molecule has 0 saturated carbocycles. The van der Waals surface area contributed by atoms with E-state index in [0.717, 1.165) is 41.7 Å². The Bertz CT molecular complexity index is 577. The van der Waals surface area contributed by atoms with E-state index in [9.17, 15) is 0 Å². The molecule has 1 N–H and O–H groups in total. The molecule has 0 radical (unpaired) electrons. The standard InChI is InChI=1S/C12H11N3O/c16-15-11-7-3-6-10-12(11)14-9-5-2-1-4-8(9)13-10/h1-2,4-5,16H,3,6-7H2/b15-11+. The van der Waals surface area contributed by atoms with Gasteiger partial charge < -0.3 is 5.21 Å². The van der Waals surface area contributed by atoms with E-state index in [2.05, 4.69) is 15.1 Å². The normalized spacial score (nSPS) is 17.6. The van der Waals surface area contributed by atoms with Crippen LogP contribution in [0.25, 0.3) is 11.0 Å². The van der Waals surface area contributed by atoms with Gasteiger partial charge in [0.25, 0.3) is 0 Å². The summed E-state index contributed by atoms with van der Waals surface area (Å²) in [5.41, 5.74) is 4.11. The smallest absolute Gasteiger partial charge is 0.110 e. The maximum Gasteiger partial charge on any atom is 0.110 e. The molecule has 0 fully saturated rings. The third-order valence-electron chi connectivity index (χ3n) is 2.86. The number of oxime groups is 1. The van der Waals surface area contributed by atoms with Crippen LogP contribution in [-0.2, 0) is 6.42 Å². The summed E-state index contributed by atoms with van der Waals surface area (Å²) in [6.45, 7) is 0. The van der Waals surface area contributed by atoms with E-state index < -0.39 is 0 Å². The second kappa shape index (κ2) is 3.56. The Labute approximate surface area is 92.6 Å². The highest BCUT2D eigenvalue weighted by atomic mass is 16.4. The Kier molecular flexibility index (Phi) is 2.06. The number of nitrogens with zero attached hydrogens (tertiary/aromatic N) is 3. The van der Waals surface area contributed by atoms with Crippen LogP contribution >= 0.6 is 0 Å². The Morgan fingerprint density at radius 1 is 1.06 bits per heavy atom. The average molecular weight is 213 g/mol. The van der Waals surface area contributed by atoms with Gasteiger partial charge in [0.1, 0.15) is 11.4 Å². The van der Waals surface area contributed by atoms with Crippen LogP contribution in [0, 0.1) is 0 Å². The highest BCUT2D eigenvalue weighted by Crippen LogP contribution is 2.21. The van der Waals surface area contributed by atoms with Gasteiger partial charge in [0.05, 0.1) is 16.7 Å². The molecule has 16 heavy (non-hydrogen) atoms. The third kappa shape index (κ3) is 1.34. The van der Waals surface area contributed by atoms with Crippen molar-refractivity contribution in [3.05, 3.63) is 35.7 Å². The fourth-order valence-electron chi connectivity index (χ4n) is 2.08. The fourth-order valence-corrected chi connectivity index (χ4v) is 2.08. The summed E-state index contributed by atoms with van der Waals surface area (Å²) in [6.07, 6.45) is 2.65. The minimum Gasteiger partial charge on any atom is -0.411 e. The molecule has 1 aliphatic carbocycles. The highest BCUT2D eigenvalue weighted by molar-refractivity contribution is 6.01. The molecule has 0 spiro atoms. The predicted molar refractivity (Wildman–Crippen MR) is 60.8 cm³/mol. The average Bonchev–Trinajstić information content (AvgIpc) is 2.35. The van der Waals surface area contributed by atoms with Crippen molar-refractivity contribution in [3.63, 3.8) is 0 Å². The summed E-state index contributed by atoms with van der Waals surface area (Å²) in [7, 11) is 0. The molecule has 1 heterocycles. The van der Waals surface area contributed by atoms with Crippen LogP contribution in [0.4, 0.5) is 0 Å². The Hall–Kier alpha value is -1.97. The number of aryl methyl sites for hydroxylation is 1. The molecule has 80 valence electrons. The first-order valence-electron chi connectivity index (χ1n) is 5.35. The van der Waals surface area contributed by atoms with Gasteiger partial charge >= 0.3 is 0 Å². The molecular weight excluding hydrogens is 202 g/mol. The number of aromatic nitrogens is 2. The van der Waals surface area contributed by atoms with Gasteiger partial charge in [0.15, 0.2) is 0 Å². The summed E-state index contributed by atoms with van der Waals surface area (Å²) in [4.78, 5) is 9.07. The van der Waals surface area contributed by atoms with Gasteiger partial charge in [-0.2, -0.15) is 0 Å². The fraction of sp³-hybridized carbons (Fsp3) is 0.250. The third-order valence-corrected chi connectivity index (χ3v) is 2.86. The molecule has 4 nitrogen and oxygen atoms in total. The lowest BCUT2D eigenvalue weighted by molar-refractivity contribution is 0.317. The zero-order chi connectivity index (χ0) is 11.0. The molecule has 0 saturated heterocycles. The first-order chi connectivity index (χ1) is 7.88. The zero-order valence-corrected chi connectivity index (χ0v) is 8.72. The number of hydrogen-bond donors (Lipinski definition) is 1. The zero-order valence-electron chi connectivity index (χ0n) is 8.72. The number of benzene rings is 1. The molecular formula is C12H11N3O. The van der Waals surface area contributed by atoms with Gasteiger partial charge in [0.2, 0.25) is 0 Å². The molecule has 0 bridgehead atoms. The molecule has 0 aliphatic heterocycles. The Morgan fingerprint density at radius 3 is 2.56 bits per heavy atom. The first-order valence-corrected chi connectivity index (χ1v) is 5.35. The van der Waals surface area contributed by atoms with Crippen LogP contribution in [0.5, 0.6) is 0 Å². The summed E-state index contributed by atoms with van der Waals surface area (Å²) in [6, 6.07) is 7.76. The van der Waals surface area contributed by atoms with Crippen LogP contribution in [0.15, 0.2) is 29.4 Å². The van der Waals surface area contributed by atoms with Crippen molar-refractivity contribution in [1.29, 1.82) is 0 Å². The number of para-hydroxylation sites is 2. The minimum atomic E-state index is 0.652. The summed E-state index contributed by atoms with van der Waals surface area (Å²) in [5.74, 6) is 0. The lowest BCUT2D eigenvalue weighted by Crippen LogP contribution is -2.16. The summed E-state index contributed by atoms with van der Waals surface area (Å²) >= 11 is 0. The molecule has 1 aliphatic rings. The van der Waals surface area contributed by atoms with Gasteiger partial charge in [-0.15, -0.1) is 0 Å². The molecule has 0 amide bonds.